The third-order valence-electron chi connectivity index (χ3n) is 3.65. The van der Waals surface area contributed by atoms with Gasteiger partial charge in [-0.05, 0) is 64.9 Å². The molecule has 0 spiro atoms. The highest BCUT2D eigenvalue weighted by Crippen LogP contribution is 2.28. The minimum Gasteiger partial charge on any atom is -0.480 e. The summed E-state index contributed by atoms with van der Waals surface area (Å²) < 4.78 is 5.27. The van der Waals surface area contributed by atoms with Crippen molar-refractivity contribution >= 4 is 23.3 Å². The van der Waals surface area contributed by atoms with Crippen molar-refractivity contribution in [2.75, 3.05) is 0 Å². The number of carbonyl (C=O) groups excluding carboxylic acids is 1. The van der Waals surface area contributed by atoms with Crippen LogP contribution < -0.4 is 4.74 Å². The lowest BCUT2D eigenvalue weighted by atomic mass is 10.0. The van der Waals surface area contributed by atoms with Gasteiger partial charge in [-0.15, -0.1) is 0 Å². The second-order valence-corrected chi connectivity index (χ2v) is 5.81. The second kappa shape index (κ2) is 5.69. The molecule has 0 radical (unpaired) electrons. The van der Waals surface area contributed by atoms with Crippen molar-refractivity contribution in [3.63, 3.8) is 0 Å². The van der Waals surface area contributed by atoms with Crippen LogP contribution in [-0.4, -0.2) is 17.0 Å². The van der Waals surface area contributed by atoms with E-state index in [1.54, 1.807) is 22.9 Å². The molecule has 1 aromatic heterocycles. The average molecular weight is 302 g/mol. The van der Waals surface area contributed by atoms with E-state index in [-0.39, 0.29) is 0 Å². The van der Waals surface area contributed by atoms with Gasteiger partial charge in [0.2, 0.25) is 0 Å². The molecule has 5 heteroatoms. The molecule has 1 aliphatic rings. The number of aryl methyl sites for hydroxylation is 2. The van der Waals surface area contributed by atoms with Crippen LogP contribution >= 0.6 is 11.3 Å². The SMILES string of the molecule is O=C(O)C(C(=O)Oc1ccc2c(c1)CCC2)c1ccsc1. The molecule has 0 amide bonds. The van der Waals surface area contributed by atoms with Crippen molar-refractivity contribution in [1.82, 2.24) is 0 Å². The zero-order valence-electron chi connectivity index (χ0n) is 11.2. The molecule has 0 aliphatic heterocycles. The summed E-state index contributed by atoms with van der Waals surface area (Å²) in [5.41, 5.74) is 2.92. The molecule has 2 aromatic rings. The van der Waals surface area contributed by atoms with Crippen LogP contribution in [0.2, 0.25) is 0 Å². The van der Waals surface area contributed by atoms with E-state index < -0.39 is 17.9 Å². The zero-order chi connectivity index (χ0) is 14.8. The van der Waals surface area contributed by atoms with Crippen molar-refractivity contribution in [2.45, 2.75) is 25.2 Å². The lowest BCUT2D eigenvalue weighted by Crippen LogP contribution is -2.25. The second-order valence-electron chi connectivity index (χ2n) is 5.03. The average Bonchev–Trinajstić information content (AvgIpc) is 3.08. The lowest BCUT2D eigenvalue weighted by Gasteiger charge is -2.11. The fourth-order valence-electron chi connectivity index (χ4n) is 2.61. The Labute approximate surface area is 126 Å². The molecule has 1 atom stereocenters. The van der Waals surface area contributed by atoms with Crippen LogP contribution in [0.1, 0.15) is 29.0 Å². The van der Waals surface area contributed by atoms with Crippen LogP contribution in [0.5, 0.6) is 5.75 Å². The van der Waals surface area contributed by atoms with Crippen molar-refractivity contribution in [3.8, 4) is 5.75 Å². The summed E-state index contributed by atoms with van der Waals surface area (Å²) in [7, 11) is 0. The van der Waals surface area contributed by atoms with Crippen LogP contribution in [-0.2, 0) is 22.4 Å². The highest BCUT2D eigenvalue weighted by Gasteiger charge is 2.30. The lowest BCUT2D eigenvalue weighted by molar-refractivity contribution is -0.148. The molecule has 1 aliphatic carbocycles. The van der Waals surface area contributed by atoms with Gasteiger partial charge in [-0.3, -0.25) is 9.59 Å². The number of aliphatic carboxylic acids is 1. The molecular formula is C16H14O4S. The van der Waals surface area contributed by atoms with E-state index >= 15 is 0 Å². The van der Waals surface area contributed by atoms with Crippen LogP contribution in [0.15, 0.2) is 35.0 Å². The highest BCUT2D eigenvalue weighted by molar-refractivity contribution is 7.08. The number of carboxylic acid groups (broad SMARTS) is 1. The molecule has 0 bridgehead atoms. The Morgan fingerprint density at radius 3 is 2.71 bits per heavy atom. The number of ether oxygens (including phenoxy) is 1. The monoisotopic (exact) mass is 302 g/mol. The standard InChI is InChI=1S/C16H14O4S/c17-15(18)14(12-6-7-21-9-12)16(19)20-13-5-4-10-2-1-3-11(10)8-13/h4-9,14H,1-3H2,(H,17,18). The fourth-order valence-corrected chi connectivity index (χ4v) is 3.29. The number of rotatable bonds is 4. The molecule has 0 saturated heterocycles. The Bertz CT molecular complexity index is 676. The third kappa shape index (κ3) is 2.83. The van der Waals surface area contributed by atoms with E-state index in [4.69, 9.17) is 4.74 Å². The summed E-state index contributed by atoms with van der Waals surface area (Å²) in [5.74, 6) is -2.80. The molecule has 1 aromatic carbocycles. The molecule has 1 N–H and O–H groups in total. The van der Waals surface area contributed by atoms with Crippen molar-refractivity contribution in [2.24, 2.45) is 0 Å². The first kappa shape index (κ1) is 13.8. The number of thiophene rings is 1. The predicted molar refractivity (Wildman–Crippen MR) is 78.8 cm³/mol. The summed E-state index contributed by atoms with van der Waals surface area (Å²) in [5, 5.41) is 12.7. The molecule has 1 heterocycles. The number of benzene rings is 1. The predicted octanol–water partition coefficient (Wildman–Crippen LogP) is 3.01. The maximum absolute atomic E-state index is 12.2. The minimum atomic E-state index is -1.27. The number of hydrogen-bond donors (Lipinski definition) is 1. The van der Waals surface area contributed by atoms with E-state index in [1.165, 1.54) is 22.5 Å². The fraction of sp³-hybridized carbons (Fsp3) is 0.250. The molecule has 3 rings (SSSR count). The Kier molecular flexibility index (Phi) is 3.75. The van der Waals surface area contributed by atoms with Gasteiger partial charge >= 0.3 is 11.9 Å². The molecule has 21 heavy (non-hydrogen) atoms. The smallest absolute Gasteiger partial charge is 0.330 e. The van der Waals surface area contributed by atoms with E-state index in [2.05, 4.69) is 0 Å². The van der Waals surface area contributed by atoms with E-state index in [0.29, 0.717) is 11.3 Å². The molecule has 108 valence electrons. The Balaban J connectivity index is 1.80. The third-order valence-corrected chi connectivity index (χ3v) is 4.35. The molecular weight excluding hydrogens is 288 g/mol. The van der Waals surface area contributed by atoms with Gasteiger partial charge in [0.1, 0.15) is 5.75 Å². The number of carbonyl (C=O) groups is 2. The largest absolute Gasteiger partial charge is 0.480 e. The van der Waals surface area contributed by atoms with Gasteiger partial charge < -0.3 is 9.84 Å². The van der Waals surface area contributed by atoms with Gasteiger partial charge in [0.15, 0.2) is 5.92 Å². The van der Waals surface area contributed by atoms with Gasteiger partial charge in [0.05, 0.1) is 0 Å². The maximum Gasteiger partial charge on any atom is 0.330 e. The van der Waals surface area contributed by atoms with Crippen LogP contribution in [0.3, 0.4) is 0 Å². The van der Waals surface area contributed by atoms with Crippen LogP contribution in [0.4, 0.5) is 0 Å². The van der Waals surface area contributed by atoms with Gasteiger partial charge in [0, 0.05) is 0 Å². The zero-order valence-corrected chi connectivity index (χ0v) is 12.1. The van der Waals surface area contributed by atoms with E-state index in [0.717, 1.165) is 19.3 Å². The van der Waals surface area contributed by atoms with Crippen LogP contribution in [0, 0.1) is 0 Å². The molecule has 4 nitrogen and oxygen atoms in total. The molecule has 0 fully saturated rings. The van der Waals surface area contributed by atoms with E-state index in [1.807, 2.05) is 12.1 Å². The summed E-state index contributed by atoms with van der Waals surface area (Å²) in [6.45, 7) is 0. The van der Waals surface area contributed by atoms with Crippen molar-refractivity contribution in [3.05, 3.63) is 51.7 Å². The summed E-state index contributed by atoms with van der Waals surface area (Å²) in [6.07, 6.45) is 3.14. The number of carboxylic acids is 1. The molecule has 1 unspecified atom stereocenters. The number of fused-ring (bicyclic) bond motifs is 1. The first-order valence-electron chi connectivity index (χ1n) is 6.73. The van der Waals surface area contributed by atoms with Gasteiger partial charge in [-0.25, -0.2) is 0 Å². The first-order valence-corrected chi connectivity index (χ1v) is 7.68. The maximum atomic E-state index is 12.2. The quantitative estimate of drug-likeness (QED) is 0.536. The number of hydrogen-bond acceptors (Lipinski definition) is 4. The van der Waals surface area contributed by atoms with Gasteiger partial charge in [-0.1, -0.05) is 6.07 Å². The van der Waals surface area contributed by atoms with Crippen molar-refractivity contribution in [1.29, 1.82) is 0 Å². The minimum absolute atomic E-state index is 0.419. The topological polar surface area (TPSA) is 63.6 Å². The van der Waals surface area contributed by atoms with Crippen molar-refractivity contribution < 1.29 is 19.4 Å². The summed E-state index contributed by atoms with van der Waals surface area (Å²) in [4.78, 5) is 23.5. The normalized spacial score (nSPS) is 14.5. The van der Waals surface area contributed by atoms with Crippen LogP contribution in [0.25, 0.3) is 0 Å². The summed E-state index contributed by atoms with van der Waals surface area (Å²) >= 11 is 1.35. The molecule has 0 saturated carbocycles. The van der Waals surface area contributed by atoms with E-state index in [9.17, 15) is 14.7 Å². The Hall–Kier alpha value is -2.14. The van der Waals surface area contributed by atoms with Gasteiger partial charge in [-0.2, -0.15) is 11.3 Å². The number of esters is 1. The summed E-state index contributed by atoms with van der Waals surface area (Å²) in [6, 6.07) is 7.15. The highest BCUT2D eigenvalue weighted by atomic mass is 32.1. The first-order chi connectivity index (χ1) is 10.1. The Morgan fingerprint density at radius 1 is 1.19 bits per heavy atom. The Morgan fingerprint density at radius 2 is 2.00 bits per heavy atom. The van der Waals surface area contributed by atoms with Gasteiger partial charge in [0.25, 0.3) is 0 Å².